The van der Waals surface area contributed by atoms with E-state index in [4.69, 9.17) is 13.9 Å². The SMILES string of the molecule is CCOc1ccccc1-c1nc(COC(=O)c2nnn(-c3ccc(C)cc3)c2C)c(C)o1. The van der Waals surface area contributed by atoms with Crippen molar-refractivity contribution in [3.05, 3.63) is 76.9 Å². The molecule has 2 aromatic carbocycles. The third-order valence-corrected chi connectivity index (χ3v) is 5.02. The van der Waals surface area contributed by atoms with Gasteiger partial charge in [-0.1, -0.05) is 35.0 Å². The average Bonchev–Trinajstić information content (AvgIpc) is 3.36. The summed E-state index contributed by atoms with van der Waals surface area (Å²) in [4.78, 5) is 17.2. The van der Waals surface area contributed by atoms with Crippen molar-refractivity contribution >= 4 is 5.97 Å². The van der Waals surface area contributed by atoms with Crippen LogP contribution in [0.4, 0.5) is 0 Å². The molecule has 2 aromatic heterocycles. The monoisotopic (exact) mass is 432 g/mol. The third kappa shape index (κ3) is 4.25. The lowest BCUT2D eigenvalue weighted by atomic mass is 10.2. The topological polar surface area (TPSA) is 92.3 Å². The number of carbonyl (C=O) groups excluding carboxylic acids is 1. The first kappa shape index (κ1) is 21.3. The molecule has 0 N–H and O–H groups in total. The maximum absolute atomic E-state index is 12.6. The van der Waals surface area contributed by atoms with Crippen LogP contribution >= 0.6 is 0 Å². The van der Waals surface area contributed by atoms with E-state index in [1.807, 2.05) is 62.4 Å². The van der Waals surface area contributed by atoms with E-state index in [1.54, 1.807) is 18.5 Å². The number of carbonyl (C=O) groups is 1. The molecule has 0 aliphatic rings. The maximum atomic E-state index is 12.6. The van der Waals surface area contributed by atoms with Gasteiger partial charge in [0.2, 0.25) is 5.89 Å². The summed E-state index contributed by atoms with van der Waals surface area (Å²) in [7, 11) is 0. The Balaban J connectivity index is 1.49. The average molecular weight is 432 g/mol. The van der Waals surface area contributed by atoms with E-state index in [2.05, 4.69) is 15.3 Å². The quantitative estimate of drug-likeness (QED) is 0.394. The second-order valence-electron chi connectivity index (χ2n) is 7.30. The number of aromatic nitrogens is 4. The first-order valence-corrected chi connectivity index (χ1v) is 10.3. The van der Waals surface area contributed by atoms with Gasteiger partial charge in [0, 0.05) is 0 Å². The summed E-state index contributed by atoms with van der Waals surface area (Å²) in [6.07, 6.45) is 0. The fraction of sp³-hybridized carbons (Fsp3) is 0.250. The number of benzene rings is 2. The Morgan fingerprint density at radius 1 is 1.06 bits per heavy atom. The molecule has 0 saturated carbocycles. The van der Waals surface area contributed by atoms with Gasteiger partial charge < -0.3 is 13.9 Å². The molecular formula is C24H24N4O4. The summed E-state index contributed by atoms with van der Waals surface area (Å²) in [6, 6.07) is 15.3. The highest BCUT2D eigenvalue weighted by Crippen LogP contribution is 2.30. The van der Waals surface area contributed by atoms with Crippen molar-refractivity contribution in [3.63, 3.8) is 0 Å². The van der Waals surface area contributed by atoms with Gasteiger partial charge in [0.05, 0.1) is 23.6 Å². The van der Waals surface area contributed by atoms with Gasteiger partial charge in [-0.3, -0.25) is 0 Å². The van der Waals surface area contributed by atoms with Gasteiger partial charge in [0.15, 0.2) is 5.69 Å². The standard InChI is InChI=1S/C24H24N4O4/c1-5-30-21-9-7-6-8-19(21)23-25-20(17(4)32-23)14-31-24(29)22-16(3)28(27-26-22)18-12-10-15(2)11-13-18/h6-13H,5,14H2,1-4H3. The van der Waals surface area contributed by atoms with Gasteiger partial charge >= 0.3 is 5.97 Å². The first-order chi connectivity index (χ1) is 15.5. The number of hydrogen-bond donors (Lipinski definition) is 0. The van der Waals surface area contributed by atoms with Crippen LogP contribution in [0.25, 0.3) is 17.1 Å². The van der Waals surface area contributed by atoms with Gasteiger partial charge in [-0.05, 0) is 52.0 Å². The highest BCUT2D eigenvalue weighted by Gasteiger charge is 2.21. The van der Waals surface area contributed by atoms with Gasteiger partial charge in [0.25, 0.3) is 0 Å². The summed E-state index contributed by atoms with van der Waals surface area (Å²) in [5.41, 5.74) is 3.99. The van der Waals surface area contributed by atoms with Crippen molar-refractivity contribution < 1.29 is 18.7 Å². The van der Waals surface area contributed by atoms with Crippen molar-refractivity contribution in [2.24, 2.45) is 0 Å². The van der Waals surface area contributed by atoms with E-state index >= 15 is 0 Å². The molecule has 0 fully saturated rings. The molecule has 0 radical (unpaired) electrons. The molecule has 8 heteroatoms. The van der Waals surface area contributed by atoms with Crippen LogP contribution < -0.4 is 4.74 Å². The number of ether oxygens (including phenoxy) is 2. The summed E-state index contributed by atoms with van der Waals surface area (Å²) >= 11 is 0. The molecule has 32 heavy (non-hydrogen) atoms. The minimum absolute atomic E-state index is 0.0399. The van der Waals surface area contributed by atoms with Crippen LogP contribution in [-0.2, 0) is 11.3 Å². The molecule has 0 atom stereocenters. The van der Waals surface area contributed by atoms with Gasteiger partial charge in [-0.2, -0.15) is 0 Å². The normalized spacial score (nSPS) is 10.9. The maximum Gasteiger partial charge on any atom is 0.361 e. The molecule has 0 unspecified atom stereocenters. The number of aryl methyl sites for hydroxylation is 2. The van der Waals surface area contributed by atoms with E-state index in [-0.39, 0.29) is 12.3 Å². The Labute approximate surface area is 185 Å². The molecule has 0 bridgehead atoms. The molecule has 4 aromatic rings. The number of nitrogens with zero attached hydrogens (tertiary/aromatic N) is 4. The number of hydrogen-bond acceptors (Lipinski definition) is 7. The Kier molecular flexibility index (Phi) is 6.02. The minimum atomic E-state index is -0.570. The van der Waals surface area contributed by atoms with Crippen molar-refractivity contribution in [2.75, 3.05) is 6.61 Å². The summed E-state index contributed by atoms with van der Waals surface area (Å²) in [5.74, 6) is 1.10. The highest BCUT2D eigenvalue weighted by atomic mass is 16.5. The fourth-order valence-electron chi connectivity index (χ4n) is 3.25. The lowest BCUT2D eigenvalue weighted by molar-refractivity contribution is 0.0459. The molecule has 8 nitrogen and oxygen atoms in total. The number of rotatable bonds is 7. The smallest absolute Gasteiger partial charge is 0.361 e. The Bertz CT molecular complexity index is 1240. The van der Waals surface area contributed by atoms with Crippen LogP contribution in [0.2, 0.25) is 0 Å². The van der Waals surface area contributed by atoms with E-state index < -0.39 is 5.97 Å². The largest absolute Gasteiger partial charge is 0.493 e. The van der Waals surface area contributed by atoms with E-state index in [0.29, 0.717) is 35.4 Å². The molecule has 4 rings (SSSR count). The number of oxazole rings is 1. The van der Waals surface area contributed by atoms with Crippen LogP contribution in [0, 0.1) is 20.8 Å². The molecule has 0 aliphatic heterocycles. The second kappa shape index (κ2) is 9.05. The van der Waals surface area contributed by atoms with Crippen LogP contribution in [0.3, 0.4) is 0 Å². The van der Waals surface area contributed by atoms with E-state index in [0.717, 1.165) is 16.8 Å². The molecule has 0 saturated heterocycles. The zero-order valence-electron chi connectivity index (χ0n) is 18.5. The van der Waals surface area contributed by atoms with Gasteiger partial charge in [-0.25, -0.2) is 14.5 Å². The van der Waals surface area contributed by atoms with Gasteiger partial charge in [-0.15, -0.1) is 5.10 Å². The predicted octanol–water partition coefficient (Wildman–Crippen LogP) is 4.60. The lowest BCUT2D eigenvalue weighted by Crippen LogP contribution is -2.09. The number of esters is 1. The molecule has 2 heterocycles. The third-order valence-electron chi connectivity index (χ3n) is 5.02. The highest BCUT2D eigenvalue weighted by molar-refractivity contribution is 5.88. The van der Waals surface area contributed by atoms with Crippen LogP contribution in [-0.4, -0.2) is 32.6 Å². The number of para-hydroxylation sites is 1. The van der Waals surface area contributed by atoms with Crippen LogP contribution in [0.15, 0.2) is 52.9 Å². The lowest BCUT2D eigenvalue weighted by Gasteiger charge is -2.06. The Hall–Kier alpha value is -3.94. The molecule has 164 valence electrons. The fourth-order valence-corrected chi connectivity index (χ4v) is 3.25. The molecule has 0 spiro atoms. The Morgan fingerprint density at radius 2 is 1.81 bits per heavy atom. The Morgan fingerprint density at radius 3 is 2.56 bits per heavy atom. The first-order valence-electron chi connectivity index (χ1n) is 10.3. The summed E-state index contributed by atoms with van der Waals surface area (Å²) < 4.78 is 18.5. The molecular weight excluding hydrogens is 408 g/mol. The van der Waals surface area contributed by atoms with Crippen molar-refractivity contribution in [1.82, 2.24) is 20.0 Å². The molecule has 0 aliphatic carbocycles. The van der Waals surface area contributed by atoms with Crippen LogP contribution in [0.1, 0.15) is 40.1 Å². The summed E-state index contributed by atoms with van der Waals surface area (Å²) in [5, 5.41) is 8.11. The predicted molar refractivity (Wildman–Crippen MR) is 118 cm³/mol. The van der Waals surface area contributed by atoms with Crippen molar-refractivity contribution in [1.29, 1.82) is 0 Å². The summed E-state index contributed by atoms with van der Waals surface area (Å²) in [6.45, 7) is 7.97. The van der Waals surface area contributed by atoms with Gasteiger partial charge in [0.1, 0.15) is 23.8 Å². The van der Waals surface area contributed by atoms with Crippen LogP contribution in [0.5, 0.6) is 5.75 Å². The van der Waals surface area contributed by atoms with Crippen molar-refractivity contribution in [2.45, 2.75) is 34.3 Å². The second-order valence-corrected chi connectivity index (χ2v) is 7.30. The van der Waals surface area contributed by atoms with Crippen molar-refractivity contribution in [3.8, 4) is 22.9 Å². The molecule has 0 amide bonds. The van der Waals surface area contributed by atoms with E-state index in [1.165, 1.54) is 0 Å². The zero-order valence-corrected chi connectivity index (χ0v) is 18.5. The zero-order chi connectivity index (χ0) is 22.7. The van der Waals surface area contributed by atoms with E-state index in [9.17, 15) is 4.79 Å². The minimum Gasteiger partial charge on any atom is -0.493 e.